The maximum atomic E-state index is 15.2. The van der Waals surface area contributed by atoms with Gasteiger partial charge in [-0.15, -0.1) is 6.58 Å². The lowest BCUT2D eigenvalue weighted by molar-refractivity contribution is 0.235. The fourth-order valence-corrected chi connectivity index (χ4v) is 4.80. The Morgan fingerprint density at radius 3 is 2.22 bits per heavy atom. The number of benzene rings is 2. The van der Waals surface area contributed by atoms with Crippen molar-refractivity contribution in [3.05, 3.63) is 71.1 Å². The predicted octanol–water partition coefficient (Wildman–Crippen LogP) is 6.68. The van der Waals surface area contributed by atoms with Crippen LogP contribution in [0.2, 0.25) is 0 Å². The molecule has 0 unspecified atom stereocenters. The molecule has 2 aliphatic carbocycles. The van der Waals surface area contributed by atoms with Crippen molar-refractivity contribution in [2.45, 2.75) is 38.0 Å². The van der Waals surface area contributed by atoms with Crippen molar-refractivity contribution in [3.8, 4) is 11.1 Å². The summed E-state index contributed by atoms with van der Waals surface area (Å²) in [7, 11) is 0. The molecule has 0 heterocycles. The summed E-state index contributed by atoms with van der Waals surface area (Å²) < 4.78 is 70.3. The average molecular weight is 378 g/mol. The van der Waals surface area contributed by atoms with Gasteiger partial charge in [0, 0.05) is 0 Å². The molecule has 0 aliphatic heterocycles. The van der Waals surface area contributed by atoms with Gasteiger partial charge in [0.1, 0.15) is 11.6 Å². The van der Waals surface area contributed by atoms with E-state index in [4.69, 9.17) is 0 Å². The molecule has 2 aromatic carbocycles. The van der Waals surface area contributed by atoms with Gasteiger partial charge < -0.3 is 0 Å². The fourth-order valence-electron chi connectivity index (χ4n) is 4.80. The summed E-state index contributed by atoms with van der Waals surface area (Å²) in [5, 5.41) is 0. The van der Waals surface area contributed by atoms with Gasteiger partial charge >= 0.3 is 0 Å². The molecular formula is C22H19F5. The van der Waals surface area contributed by atoms with Crippen molar-refractivity contribution in [2.75, 3.05) is 0 Å². The van der Waals surface area contributed by atoms with Gasteiger partial charge in [-0.2, -0.15) is 0 Å². The first kappa shape index (κ1) is 18.2. The summed E-state index contributed by atoms with van der Waals surface area (Å²) in [6, 6.07) is 2.57. The van der Waals surface area contributed by atoms with E-state index in [2.05, 4.69) is 6.58 Å². The third-order valence-electron chi connectivity index (χ3n) is 6.15. The zero-order chi connectivity index (χ0) is 19.3. The van der Waals surface area contributed by atoms with Crippen LogP contribution in [0.3, 0.4) is 0 Å². The molecule has 0 nitrogen and oxygen atoms in total. The van der Waals surface area contributed by atoms with Crippen molar-refractivity contribution >= 4 is 0 Å². The van der Waals surface area contributed by atoms with E-state index >= 15 is 4.39 Å². The topological polar surface area (TPSA) is 0 Å². The summed E-state index contributed by atoms with van der Waals surface area (Å²) in [6.07, 6.45) is 5.93. The Kier molecular flexibility index (Phi) is 4.57. The van der Waals surface area contributed by atoms with Crippen molar-refractivity contribution < 1.29 is 22.0 Å². The Labute approximate surface area is 154 Å². The lowest BCUT2D eigenvalue weighted by Crippen LogP contribution is -2.28. The van der Waals surface area contributed by atoms with Crippen molar-refractivity contribution in [1.29, 1.82) is 0 Å². The van der Waals surface area contributed by atoms with E-state index in [0.29, 0.717) is 41.5 Å². The molecule has 2 aromatic rings. The van der Waals surface area contributed by atoms with E-state index < -0.39 is 34.6 Å². The number of halogens is 5. The van der Waals surface area contributed by atoms with Crippen LogP contribution >= 0.6 is 0 Å². The summed E-state index contributed by atoms with van der Waals surface area (Å²) >= 11 is 0. The van der Waals surface area contributed by atoms with Crippen LogP contribution in [0.5, 0.6) is 0 Å². The number of fused-ring (bicyclic) bond motifs is 3. The lowest BCUT2D eigenvalue weighted by atomic mass is 9.65. The normalized spacial score (nSPS) is 24.3. The van der Waals surface area contributed by atoms with Crippen molar-refractivity contribution in [3.63, 3.8) is 0 Å². The molecule has 142 valence electrons. The van der Waals surface area contributed by atoms with Crippen LogP contribution in [-0.2, 0) is 6.42 Å². The first-order chi connectivity index (χ1) is 12.9. The van der Waals surface area contributed by atoms with Crippen LogP contribution in [0.4, 0.5) is 22.0 Å². The van der Waals surface area contributed by atoms with Gasteiger partial charge in [-0.25, -0.2) is 22.0 Å². The third kappa shape index (κ3) is 2.97. The highest BCUT2D eigenvalue weighted by atomic mass is 19.2. The van der Waals surface area contributed by atoms with Gasteiger partial charge in [-0.1, -0.05) is 6.08 Å². The van der Waals surface area contributed by atoms with Gasteiger partial charge in [-0.05, 0) is 84.7 Å². The van der Waals surface area contributed by atoms with Crippen LogP contribution in [0, 0.1) is 40.9 Å². The van der Waals surface area contributed by atoms with E-state index in [1.54, 1.807) is 0 Å². The highest BCUT2D eigenvalue weighted by molar-refractivity contribution is 5.67. The second kappa shape index (κ2) is 6.77. The summed E-state index contributed by atoms with van der Waals surface area (Å²) in [5.74, 6) is -5.37. The molecule has 1 saturated carbocycles. The first-order valence-corrected chi connectivity index (χ1v) is 9.19. The van der Waals surface area contributed by atoms with E-state index in [0.717, 1.165) is 25.7 Å². The molecule has 0 saturated heterocycles. The maximum absolute atomic E-state index is 15.2. The van der Waals surface area contributed by atoms with E-state index in [-0.39, 0.29) is 11.5 Å². The standard InChI is InChI=1S/C22H19F5/c1-2-11-3-5-14-12(7-11)4-6-15-16(14)10-17(23)20(21(15)26)13-8-18(24)22(27)19(25)9-13/h2,8-12,14H,1,3-7H2/t11-,12-,14+/m1/s1. The Morgan fingerprint density at radius 1 is 0.852 bits per heavy atom. The molecule has 0 N–H and O–H groups in total. The van der Waals surface area contributed by atoms with Crippen molar-refractivity contribution in [2.24, 2.45) is 11.8 Å². The SMILES string of the molecule is C=C[C@@H]1CC[C@@H]2c3cc(F)c(-c4cc(F)c(F)c(F)c4)c(F)c3CC[C@@H]2C1. The minimum absolute atomic E-state index is 0.0877. The molecular weight excluding hydrogens is 359 g/mol. The van der Waals surface area contributed by atoms with Crippen molar-refractivity contribution in [1.82, 2.24) is 0 Å². The van der Waals surface area contributed by atoms with Gasteiger partial charge in [0.15, 0.2) is 17.5 Å². The molecule has 0 bridgehead atoms. The predicted molar refractivity (Wildman–Crippen MR) is 93.8 cm³/mol. The molecule has 4 rings (SSSR count). The molecule has 0 spiro atoms. The number of hydrogen-bond donors (Lipinski definition) is 0. The van der Waals surface area contributed by atoms with Gasteiger partial charge in [0.05, 0.1) is 5.56 Å². The van der Waals surface area contributed by atoms with Crippen LogP contribution in [0.1, 0.15) is 42.7 Å². The number of hydrogen-bond acceptors (Lipinski definition) is 0. The fraction of sp³-hybridized carbons (Fsp3) is 0.364. The van der Waals surface area contributed by atoms with Crippen LogP contribution in [0.25, 0.3) is 11.1 Å². The Bertz CT molecular complexity index is 894. The number of allylic oxidation sites excluding steroid dienone is 1. The minimum Gasteiger partial charge on any atom is -0.206 e. The molecule has 2 aliphatic rings. The lowest BCUT2D eigenvalue weighted by Gasteiger charge is -2.40. The summed E-state index contributed by atoms with van der Waals surface area (Å²) in [6.45, 7) is 3.85. The van der Waals surface area contributed by atoms with Crippen LogP contribution < -0.4 is 0 Å². The van der Waals surface area contributed by atoms with E-state index in [1.165, 1.54) is 6.07 Å². The zero-order valence-electron chi connectivity index (χ0n) is 14.7. The van der Waals surface area contributed by atoms with E-state index in [1.807, 2.05) is 6.08 Å². The second-order valence-electron chi connectivity index (χ2n) is 7.58. The minimum atomic E-state index is -1.65. The molecule has 0 radical (unpaired) electrons. The van der Waals surface area contributed by atoms with Crippen LogP contribution in [-0.4, -0.2) is 0 Å². The van der Waals surface area contributed by atoms with Crippen LogP contribution in [0.15, 0.2) is 30.9 Å². The molecule has 0 aromatic heterocycles. The Hall–Kier alpha value is -2.17. The van der Waals surface area contributed by atoms with Gasteiger partial charge in [0.2, 0.25) is 0 Å². The highest BCUT2D eigenvalue weighted by Crippen LogP contribution is 2.49. The van der Waals surface area contributed by atoms with Gasteiger partial charge in [0.25, 0.3) is 0 Å². The molecule has 1 fully saturated rings. The molecule has 3 atom stereocenters. The monoisotopic (exact) mass is 378 g/mol. The van der Waals surface area contributed by atoms with E-state index in [9.17, 15) is 17.6 Å². The summed E-state index contributed by atoms with van der Waals surface area (Å²) in [4.78, 5) is 0. The molecule has 5 heteroatoms. The second-order valence-corrected chi connectivity index (χ2v) is 7.58. The quantitative estimate of drug-likeness (QED) is 0.311. The summed E-state index contributed by atoms with van der Waals surface area (Å²) in [5.41, 5.74) is 0.247. The molecule has 0 amide bonds. The largest absolute Gasteiger partial charge is 0.206 e. The maximum Gasteiger partial charge on any atom is 0.194 e. The smallest absolute Gasteiger partial charge is 0.194 e. The zero-order valence-corrected chi connectivity index (χ0v) is 14.7. The Balaban J connectivity index is 1.80. The molecule has 27 heavy (non-hydrogen) atoms. The first-order valence-electron chi connectivity index (χ1n) is 9.19. The average Bonchev–Trinajstić information content (AvgIpc) is 2.65. The Morgan fingerprint density at radius 2 is 1.56 bits per heavy atom. The van der Waals surface area contributed by atoms with Gasteiger partial charge in [-0.3, -0.25) is 0 Å². The number of rotatable bonds is 2. The highest BCUT2D eigenvalue weighted by Gasteiger charge is 2.37. The third-order valence-corrected chi connectivity index (χ3v) is 6.15.